The van der Waals surface area contributed by atoms with Crippen LogP contribution in [0.5, 0.6) is 5.75 Å². The maximum Gasteiger partial charge on any atom is 0.335 e. The molecule has 5 heteroatoms. The Morgan fingerprint density at radius 2 is 2.32 bits per heavy atom. The molecule has 1 unspecified atom stereocenters. The second-order valence-corrected chi connectivity index (χ2v) is 5.00. The van der Waals surface area contributed by atoms with Gasteiger partial charge in [-0.2, -0.15) is 0 Å². The quantitative estimate of drug-likeness (QED) is 0.811. The Morgan fingerprint density at radius 1 is 1.53 bits per heavy atom. The molecule has 1 atom stereocenters. The van der Waals surface area contributed by atoms with Crippen molar-refractivity contribution in [2.75, 3.05) is 25.9 Å². The first kappa shape index (κ1) is 13.7. The molecular weight excluding hydrogens is 244 g/mol. The van der Waals surface area contributed by atoms with E-state index in [1.54, 1.807) is 6.07 Å². The molecule has 1 heterocycles. The molecule has 0 aromatic heterocycles. The number of piperidine rings is 1. The van der Waals surface area contributed by atoms with Crippen molar-refractivity contribution in [1.82, 2.24) is 4.90 Å². The van der Waals surface area contributed by atoms with Crippen LogP contribution in [0.15, 0.2) is 18.2 Å². The third kappa shape index (κ3) is 3.38. The molecule has 0 saturated carbocycles. The molecule has 3 N–H and O–H groups in total. The van der Waals surface area contributed by atoms with Crippen molar-refractivity contribution >= 4 is 11.7 Å². The van der Waals surface area contributed by atoms with Gasteiger partial charge in [-0.15, -0.1) is 0 Å². The maximum absolute atomic E-state index is 10.9. The van der Waals surface area contributed by atoms with E-state index in [2.05, 4.69) is 11.9 Å². The fourth-order valence-electron chi connectivity index (χ4n) is 2.33. The predicted octanol–water partition coefficient (Wildman–Crippen LogP) is 1.83. The number of carboxylic acids is 1. The number of hydrogen-bond acceptors (Lipinski definition) is 4. The standard InChI is InChI=1S/C14H20N2O3/c1-16-7-3-2-4-11(16)9-19-13-8-10(14(17)18)5-6-12(13)15/h5-6,8,11H,2-4,7,9,15H2,1H3,(H,17,18). The lowest BCUT2D eigenvalue weighted by molar-refractivity contribution is 0.0696. The van der Waals surface area contributed by atoms with Crippen LogP contribution in [0, 0.1) is 0 Å². The molecule has 19 heavy (non-hydrogen) atoms. The molecular formula is C14H20N2O3. The van der Waals surface area contributed by atoms with Gasteiger partial charge in [-0.1, -0.05) is 6.42 Å². The van der Waals surface area contributed by atoms with Crippen molar-refractivity contribution in [2.45, 2.75) is 25.3 Å². The first-order chi connectivity index (χ1) is 9.08. The highest BCUT2D eigenvalue weighted by molar-refractivity contribution is 5.89. The van der Waals surface area contributed by atoms with Gasteiger partial charge in [0.15, 0.2) is 0 Å². The summed E-state index contributed by atoms with van der Waals surface area (Å²) in [4.78, 5) is 13.2. The molecule has 1 fully saturated rings. The third-order valence-corrected chi connectivity index (χ3v) is 3.61. The Labute approximate surface area is 113 Å². The van der Waals surface area contributed by atoms with Crippen molar-refractivity contribution in [3.8, 4) is 5.75 Å². The second-order valence-electron chi connectivity index (χ2n) is 5.00. The van der Waals surface area contributed by atoms with E-state index in [0.29, 0.717) is 24.1 Å². The van der Waals surface area contributed by atoms with Gasteiger partial charge >= 0.3 is 5.97 Å². The summed E-state index contributed by atoms with van der Waals surface area (Å²) in [5.74, 6) is -0.515. The zero-order valence-corrected chi connectivity index (χ0v) is 11.1. The number of hydrogen-bond donors (Lipinski definition) is 2. The molecule has 104 valence electrons. The van der Waals surface area contributed by atoms with Crippen LogP contribution in [0.2, 0.25) is 0 Å². The summed E-state index contributed by atoms with van der Waals surface area (Å²) >= 11 is 0. The van der Waals surface area contributed by atoms with Gasteiger partial charge in [0.25, 0.3) is 0 Å². The minimum Gasteiger partial charge on any atom is -0.490 e. The minimum atomic E-state index is -0.973. The van der Waals surface area contributed by atoms with Gasteiger partial charge in [-0.25, -0.2) is 4.79 Å². The fraction of sp³-hybridized carbons (Fsp3) is 0.500. The van der Waals surface area contributed by atoms with Gasteiger partial charge in [0.2, 0.25) is 0 Å². The number of nitrogens with two attached hydrogens (primary N) is 1. The highest BCUT2D eigenvalue weighted by Gasteiger charge is 2.20. The summed E-state index contributed by atoms with van der Waals surface area (Å²) in [6.07, 6.45) is 3.54. The van der Waals surface area contributed by atoms with Crippen LogP contribution in [-0.4, -0.2) is 42.2 Å². The van der Waals surface area contributed by atoms with E-state index in [1.807, 2.05) is 0 Å². The monoisotopic (exact) mass is 264 g/mol. The molecule has 0 radical (unpaired) electrons. The van der Waals surface area contributed by atoms with E-state index in [9.17, 15) is 4.79 Å². The van der Waals surface area contributed by atoms with Crippen molar-refractivity contribution in [3.05, 3.63) is 23.8 Å². The minimum absolute atomic E-state index is 0.196. The normalized spacial score (nSPS) is 20.2. The van der Waals surface area contributed by atoms with Crippen LogP contribution in [0.1, 0.15) is 29.6 Å². The SMILES string of the molecule is CN1CCCCC1COc1cc(C(=O)O)ccc1N. The Kier molecular flexibility index (Phi) is 4.27. The van der Waals surface area contributed by atoms with E-state index in [4.69, 9.17) is 15.6 Å². The Balaban J connectivity index is 2.02. The highest BCUT2D eigenvalue weighted by Crippen LogP contribution is 2.24. The molecule has 0 aliphatic carbocycles. The van der Waals surface area contributed by atoms with E-state index in [0.717, 1.165) is 13.0 Å². The number of rotatable bonds is 4. The summed E-state index contributed by atoms with van der Waals surface area (Å²) in [7, 11) is 2.09. The lowest BCUT2D eigenvalue weighted by atomic mass is 10.0. The molecule has 1 saturated heterocycles. The summed E-state index contributed by atoms with van der Waals surface area (Å²) in [5.41, 5.74) is 6.48. The zero-order chi connectivity index (χ0) is 13.8. The van der Waals surface area contributed by atoms with Gasteiger partial charge in [0, 0.05) is 6.04 Å². The topological polar surface area (TPSA) is 75.8 Å². The van der Waals surface area contributed by atoms with E-state index in [-0.39, 0.29) is 5.56 Å². The summed E-state index contributed by atoms with van der Waals surface area (Å²) in [6.45, 7) is 1.63. The van der Waals surface area contributed by atoms with Gasteiger partial charge < -0.3 is 20.5 Å². The van der Waals surface area contributed by atoms with E-state index >= 15 is 0 Å². The largest absolute Gasteiger partial charge is 0.490 e. The van der Waals surface area contributed by atoms with Crippen LogP contribution in [0.25, 0.3) is 0 Å². The molecule has 1 aromatic carbocycles. The number of aromatic carboxylic acids is 1. The van der Waals surface area contributed by atoms with Crippen LogP contribution < -0.4 is 10.5 Å². The zero-order valence-electron chi connectivity index (χ0n) is 11.1. The number of ether oxygens (including phenoxy) is 1. The van der Waals surface area contributed by atoms with Crippen LogP contribution in [0.3, 0.4) is 0 Å². The van der Waals surface area contributed by atoms with Gasteiger partial charge in [-0.05, 0) is 44.6 Å². The number of likely N-dealkylation sites (N-methyl/N-ethyl adjacent to an activating group) is 1. The number of carboxylic acid groups (broad SMARTS) is 1. The fourth-order valence-corrected chi connectivity index (χ4v) is 2.33. The smallest absolute Gasteiger partial charge is 0.335 e. The molecule has 0 amide bonds. The number of nitrogen functional groups attached to an aromatic ring is 1. The third-order valence-electron chi connectivity index (χ3n) is 3.61. The summed E-state index contributed by atoms with van der Waals surface area (Å²) < 4.78 is 5.71. The van der Waals surface area contributed by atoms with Gasteiger partial charge in [0.05, 0.1) is 11.3 Å². The predicted molar refractivity (Wildman–Crippen MR) is 73.6 cm³/mol. The average Bonchev–Trinajstić information content (AvgIpc) is 2.39. The highest BCUT2D eigenvalue weighted by atomic mass is 16.5. The molecule has 0 spiro atoms. The number of likely N-dealkylation sites (tertiary alicyclic amines) is 1. The van der Waals surface area contributed by atoms with E-state index < -0.39 is 5.97 Å². The molecule has 5 nitrogen and oxygen atoms in total. The molecule has 1 aromatic rings. The van der Waals surface area contributed by atoms with Crippen molar-refractivity contribution < 1.29 is 14.6 Å². The Morgan fingerprint density at radius 3 is 3.00 bits per heavy atom. The molecule has 1 aliphatic rings. The van der Waals surface area contributed by atoms with Gasteiger partial charge in [0.1, 0.15) is 12.4 Å². The van der Waals surface area contributed by atoms with Gasteiger partial charge in [-0.3, -0.25) is 0 Å². The first-order valence-corrected chi connectivity index (χ1v) is 6.54. The lowest BCUT2D eigenvalue weighted by Crippen LogP contribution is -2.40. The van der Waals surface area contributed by atoms with Crippen LogP contribution >= 0.6 is 0 Å². The molecule has 2 rings (SSSR count). The summed E-state index contributed by atoms with van der Waals surface area (Å²) in [5, 5.41) is 8.95. The first-order valence-electron chi connectivity index (χ1n) is 6.54. The second kappa shape index (κ2) is 5.93. The van der Waals surface area contributed by atoms with Crippen LogP contribution in [-0.2, 0) is 0 Å². The maximum atomic E-state index is 10.9. The van der Waals surface area contributed by atoms with Crippen molar-refractivity contribution in [2.24, 2.45) is 0 Å². The number of anilines is 1. The number of carbonyl (C=O) groups is 1. The molecule has 1 aliphatic heterocycles. The average molecular weight is 264 g/mol. The van der Waals surface area contributed by atoms with E-state index in [1.165, 1.54) is 25.0 Å². The van der Waals surface area contributed by atoms with Crippen molar-refractivity contribution in [1.29, 1.82) is 0 Å². The lowest BCUT2D eigenvalue weighted by Gasteiger charge is -2.32. The summed E-state index contributed by atoms with van der Waals surface area (Å²) in [6, 6.07) is 4.92. The number of benzene rings is 1. The Hall–Kier alpha value is -1.75. The van der Waals surface area contributed by atoms with Crippen LogP contribution in [0.4, 0.5) is 5.69 Å². The van der Waals surface area contributed by atoms with Crippen molar-refractivity contribution in [3.63, 3.8) is 0 Å². The Bertz CT molecular complexity index is 462. The molecule has 0 bridgehead atoms. The number of nitrogens with zero attached hydrogens (tertiary/aromatic N) is 1.